The van der Waals surface area contributed by atoms with Crippen LogP contribution in [0.2, 0.25) is 5.02 Å². The third-order valence-corrected chi connectivity index (χ3v) is 4.14. The highest BCUT2D eigenvalue weighted by molar-refractivity contribution is 7.10. The van der Waals surface area contributed by atoms with E-state index >= 15 is 0 Å². The summed E-state index contributed by atoms with van der Waals surface area (Å²) < 4.78 is 5.15. The molecule has 5 heteroatoms. The van der Waals surface area contributed by atoms with Gasteiger partial charge >= 0.3 is 0 Å². The van der Waals surface area contributed by atoms with Gasteiger partial charge in [-0.05, 0) is 19.9 Å². The SMILES string of the molecule is COCCN(C(C)C)C(CN)c1cc(Cl)cs1. The van der Waals surface area contributed by atoms with E-state index in [0.717, 1.165) is 11.6 Å². The second-order valence-corrected chi connectivity index (χ2v) is 5.62. The van der Waals surface area contributed by atoms with Gasteiger partial charge in [0, 0.05) is 36.5 Å². The highest BCUT2D eigenvalue weighted by atomic mass is 35.5. The van der Waals surface area contributed by atoms with Gasteiger partial charge in [0.1, 0.15) is 0 Å². The molecule has 2 N–H and O–H groups in total. The molecule has 1 atom stereocenters. The molecule has 0 spiro atoms. The summed E-state index contributed by atoms with van der Waals surface area (Å²) >= 11 is 7.64. The van der Waals surface area contributed by atoms with Crippen LogP contribution in [0.3, 0.4) is 0 Å². The van der Waals surface area contributed by atoms with Gasteiger partial charge < -0.3 is 10.5 Å². The summed E-state index contributed by atoms with van der Waals surface area (Å²) in [6, 6.07) is 2.66. The minimum absolute atomic E-state index is 0.225. The zero-order valence-corrected chi connectivity index (χ0v) is 12.2. The number of hydrogen-bond donors (Lipinski definition) is 1. The second-order valence-electron chi connectivity index (χ2n) is 4.24. The Morgan fingerprint density at radius 1 is 1.53 bits per heavy atom. The van der Waals surface area contributed by atoms with Gasteiger partial charge in [0.05, 0.1) is 17.7 Å². The van der Waals surface area contributed by atoms with Crippen LogP contribution in [-0.4, -0.2) is 37.7 Å². The molecular formula is C12H21ClN2OS. The number of ether oxygens (including phenoxy) is 1. The lowest BCUT2D eigenvalue weighted by Gasteiger charge is -2.33. The van der Waals surface area contributed by atoms with E-state index in [0.29, 0.717) is 19.2 Å². The lowest BCUT2D eigenvalue weighted by atomic mass is 10.1. The van der Waals surface area contributed by atoms with Crippen molar-refractivity contribution < 1.29 is 4.74 Å². The summed E-state index contributed by atoms with van der Waals surface area (Å²) in [7, 11) is 1.72. The number of nitrogens with two attached hydrogens (primary N) is 1. The maximum atomic E-state index is 5.98. The fourth-order valence-electron chi connectivity index (χ4n) is 1.89. The topological polar surface area (TPSA) is 38.5 Å². The molecule has 0 radical (unpaired) electrons. The lowest BCUT2D eigenvalue weighted by molar-refractivity contribution is 0.0992. The molecule has 1 aromatic heterocycles. The monoisotopic (exact) mass is 276 g/mol. The minimum Gasteiger partial charge on any atom is -0.383 e. The van der Waals surface area contributed by atoms with Gasteiger partial charge in [0.15, 0.2) is 0 Å². The molecule has 98 valence electrons. The van der Waals surface area contributed by atoms with Crippen molar-refractivity contribution >= 4 is 22.9 Å². The highest BCUT2D eigenvalue weighted by Crippen LogP contribution is 2.29. The predicted molar refractivity (Wildman–Crippen MR) is 74.8 cm³/mol. The maximum Gasteiger partial charge on any atom is 0.0590 e. The van der Waals surface area contributed by atoms with Crippen LogP contribution in [0.4, 0.5) is 0 Å². The van der Waals surface area contributed by atoms with Gasteiger partial charge in [0.25, 0.3) is 0 Å². The van der Waals surface area contributed by atoms with Crippen LogP contribution in [0.15, 0.2) is 11.4 Å². The number of methoxy groups -OCH3 is 1. The Morgan fingerprint density at radius 2 is 2.24 bits per heavy atom. The molecule has 0 amide bonds. The van der Waals surface area contributed by atoms with Crippen molar-refractivity contribution in [1.82, 2.24) is 4.90 Å². The molecule has 0 bridgehead atoms. The van der Waals surface area contributed by atoms with Crippen molar-refractivity contribution in [1.29, 1.82) is 0 Å². The normalized spacial score (nSPS) is 13.6. The van der Waals surface area contributed by atoms with Crippen molar-refractivity contribution in [3.63, 3.8) is 0 Å². The zero-order chi connectivity index (χ0) is 12.8. The molecule has 0 saturated heterocycles. The van der Waals surface area contributed by atoms with Gasteiger partial charge in [-0.1, -0.05) is 11.6 Å². The van der Waals surface area contributed by atoms with Gasteiger partial charge in [-0.15, -0.1) is 11.3 Å². The molecule has 1 heterocycles. The summed E-state index contributed by atoms with van der Waals surface area (Å²) in [6.07, 6.45) is 0. The zero-order valence-electron chi connectivity index (χ0n) is 10.6. The van der Waals surface area contributed by atoms with E-state index in [4.69, 9.17) is 22.1 Å². The maximum absolute atomic E-state index is 5.98. The molecule has 0 aromatic carbocycles. The van der Waals surface area contributed by atoms with Crippen LogP contribution >= 0.6 is 22.9 Å². The number of halogens is 1. The number of hydrogen-bond acceptors (Lipinski definition) is 4. The Balaban J connectivity index is 2.81. The first kappa shape index (κ1) is 14.9. The molecule has 1 rings (SSSR count). The average Bonchev–Trinajstić information content (AvgIpc) is 2.70. The predicted octanol–water partition coefficient (Wildman–Crippen LogP) is 2.76. The van der Waals surface area contributed by atoms with Gasteiger partial charge in [-0.2, -0.15) is 0 Å². The molecule has 17 heavy (non-hydrogen) atoms. The third-order valence-electron chi connectivity index (χ3n) is 2.76. The molecule has 0 fully saturated rings. The average molecular weight is 277 g/mol. The molecule has 0 saturated carbocycles. The highest BCUT2D eigenvalue weighted by Gasteiger charge is 2.22. The summed E-state index contributed by atoms with van der Waals surface area (Å²) in [5, 5.41) is 2.74. The van der Waals surface area contributed by atoms with Crippen molar-refractivity contribution in [2.45, 2.75) is 25.9 Å². The fourth-order valence-corrected chi connectivity index (χ4v) is 3.10. The standard InChI is InChI=1S/C12H21ClN2OS/c1-9(2)15(4-5-16-3)11(7-14)12-6-10(13)8-17-12/h6,8-9,11H,4-5,7,14H2,1-3H3. The molecular weight excluding hydrogens is 256 g/mol. The van der Waals surface area contributed by atoms with E-state index in [1.807, 2.05) is 11.4 Å². The molecule has 1 aromatic rings. The first-order valence-electron chi connectivity index (χ1n) is 5.78. The third kappa shape index (κ3) is 4.23. The van der Waals surface area contributed by atoms with Crippen molar-refractivity contribution in [3.8, 4) is 0 Å². The minimum atomic E-state index is 0.225. The van der Waals surface area contributed by atoms with Crippen molar-refractivity contribution in [2.24, 2.45) is 5.73 Å². The molecule has 0 aliphatic carbocycles. The largest absolute Gasteiger partial charge is 0.383 e. The molecule has 1 unspecified atom stereocenters. The Morgan fingerprint density at radius 3 is 2.65 bits per heavy atom. The summed E-state index contributed by atoms with van der Waals surface area (Å²) in [4.78, 5) is 3.58. The first-order valence-corrected chi connectivity index (χ1v) is 7.04. The molecule has 3 nitrogen and oxygen atoms in total. The Kier molecular flexibility index (Phi) is 6.44. The van der Waals surface area contributed by atoms with E-state index < -0.39 is 0 Å². The van der Waals surface area contributed by atoms with Crippen LogP contribution in [-0.2, 0) is 4.74 Å². The van der Waals surface area contributed by atoms with Crippen molar-refractivity contribution in [3.05, 3.63) is 21.3 Å². The van der Waals surface area contributed by atoms with E-state index in [-0.39, 0.29) is 6.04 Å². The molecule has 0 aliphatic heterocycles. The van der Waals surface area contributed by atoms with E-state index in [1.165, 1.54) is 4.88 Å². The van der Waals surface area contributed by atoms with E-state index in [9.17, 15) is 0 Å². The Hall–Kier alpha value is -0.130. The summed E-state index contributed by atoms with van der Waals surface area (Å²) in [5.41, 5.74) is 5.91. The van der Waals surface area contributed by atoms with E-state index in [1.54, 1.807) is 18.4 Å². The summed E-state index contributed by atoms with van der Waals surface area (Å²) in [6.45, 7) is 6.54. The van der Waals surface area contributed by atoms with Crippen LogP contribution < -0.4 is 5.73 Å². The smallest absolute Gasteiger partial charge is 0.0590 e. The van der Waals surface area contributed by atoms with Crippen LogP contribution in [0, 0.1) is 0 Å². The number of thiophene rings is 1. The lowest BCUT2D eigenvalue weighted by Crippen LogP contribution is -2.40. The quantitative estimate of drug-likeness (QED) is 0.832. The fraction of sp³-hybridized carbons (Fsp3) is 0.667. The van der Waals surface area contributed by atoms with Crippen molar-refractivity contribution in [2.75, 3.05) is 26.8 Å². The van der Waals surface area contributed by atoms with E-state index in [2.05, 4.69) is 18.7 Å². The van der Waals surface area contributed by atoms with Crippen LogP contribution in [0.1, 0.15) is 24.8 Å². The Labute approximate surface area is 113 Å². The Bertz CT molecular complexity index is 330. The van der Waals surface area contributed by atoms with Gasteiger partial charge in [0.2, 0.25) is 0 Å². The molecule has 0 aliphatic rings. The number of rotatable bonds is 7. The first-order chi connectivity index (χ1) is 8.10. The second kappa shape index (κ2) is 7.34. The number of nitrogens with zero attached hydrogens (tertiary/aromatic N) is 1. The van der Waals surface area contributed by atoms with Crippen LogP contribution in [0.25, 0.3) is 0 Å². The van der Waals surface area contributed by atoms with Gasteiger partial charge in [-0.3, -0.25) is 4.90 Å². The summed E-state index contributed by atoms with van der Waals surface area (Å²) in [5.74, 6) is 0. The van der Waals surface area contributed by atoms with Gasteiger partial charge in [-0.25, -0.2) is 0 Å². The van der Waals surface area contributed by atoms with Crippen LogP contribution in [0.5, 0.6) is 0 Å².